The first kappa shape index (κ1) is 19.5. The second-order valence-corrected chi connectivity index (χ2v) is 7.99. The van der Waals surface area contributed by atoms with Gasteiger partial charge < -0.3 is 10.1 Å². The molecule has 0 amide bonds. The monoisotopic (exact) mass is 368 g/mol. The van der Waals surface area contributed by atoms with Crippen LogP contribution >= 0.6 is 11.6 Å². The maximum Gasteiger partial charge on any atom is 0.339 e. The van der Waals surface area contributed by atoms with Gasteiger partial charge in [-0.05, 0) is 43.6 Å². The van der Waals surface area contributed by atoms with E-state index < -0.39 is 10.9 Å². The van der Waals surface area contributed by atoms with Gasteiger partial charge in [-0.25, -0.2) is 4.79 Å². The number of nitrogens with one attached hydrogen (secondary N) is 1. The highest BCUT2D eigenvalue weighted by atomic mass is 35.5. The number of esters is 1. The van der Waals surface area contributed by atoms with Gasteiger partial charge in [0.2, 0.25) is 0 Å². The van der Waals surface area contributed by atoms with E-state index in [1.54, 1.807) is 6.92 Å². The second kappa shape index (κ2) is 7.60. The summed E-state index contributed by atoms with van der Waals surface area (Å²) in [6, 6.07) is 2.78. The zero-order valence-electron chi connectivity index (χ0n) is 15.1. The zero-order chi connectivity index (χ0) is 18.8. The van der Waals surface area contributed by atoms with E-state index in [4.69, 9.17) is 16.3 Å². The number of halogens is 1. The number of nitrogens with zero attached hydrogens (tertiary/aromatic N) is 1. The highest BCUT2D eigenvalue weighted by Crippen LogP contribution is 2.41. The number of anilines is 1. The van der Waals surface area contributed by atoms with Crippen molar-refractivity contribution in [3.63, 3.8) is 0 Å². The lowest BCUT2D eigenvalue weighted by Crippen LogP contribution is -2.35. The third kappa shape index (κ3) is 4.84. The van der Waals surface area contributed by atoms with Gasteiger partial charge in [0.05, 0.1) is 22.1 Å². The first-order valence-corrected chi connectivity index (χ1v) is 8.92. The van der Waals surface area contributed by atoms with Crippen molar-refractivity contribution >= 4 is 28.9 Å². The highest BCUT2D eigenvalue weighted by Gasteiger charge is 2.33. The summed E-state index contributed by atoms with van der Waals surface area (Å²) in [7, 11) is 0. The van der Waals surface area contributed by atoms with Gasteiger partial charge in [-0.3, -0.25) is 10.1 Å². The number of benzene rings is 1. The lowest BCUT2D eigenvalue weighted by Gasteiger charge is -2.39. The molecule has 2 unspecified atom stereocenters. The molecule has 1 saturated carbocycles. The Labute approximate surface area is 153 Å². The van der Waals surface area contributed by atoms with Crippen LogP contribution in [0.5, 0.6) is 0 Å². The molecule has 2 atom stereocenters. The van der Waals surface area contributed by atoms with Gasteiger partial charge >= 0.3 is 5.97 Å². The van der Waals surface area contributed by atoms with Crippen LogP contribution in [0.2, 0.25) is 5.02 Å². The Morgan fingerprint density at radius 3 is 2.68 bits per heavy atom. The van der Waals surface area contributed by atoms with Crippen molar-refractivity contribution in [2.24, 2.45) is 11.3 Å². The summed E-state index contributed by atoms with van der Waals surface area (Å²) >= 11 is 6.18. The number of rotatable bonds is 5. The maximum atomic E-state index is 11.9. The van der Waals surface area contributed by atoms with Crippen molar-refractivity contribution in [2.45, 2.75) is 53.0 Å². The molecule has 0 saturated heterocycles. The Kier molecular flexibility index (Phi) is 5.93. The molecule has 0 heterocycles. The van der Waals surface area contributed by atoms with Gasteiger partial charge in [0, 0.05) is 12.1 Å². The van der Waals surface area contributed by atoms with Crippen LogP contribution in [0.25, 0.3) is 0 Å². The van der Waals surface area contributed by atoms with Gasteiger partial charge in [0.15, 0.2) is 0 Å². The minimum atomic E-state index is -0.658. The van der Waals surface area contributed by atoms with Crippen molar-refractivity contribution in [3.8, 4) is 0 Å². The molecule has 2 rings (SSSR count). The van der Waals surface area contributed by atoms with Crippen molar-refractivity contribution in [2.75, 3.05) is 11.9 Å². The summed E-state index contributed by atoms with van der Waals surface area (Å²) in [5.74, 6) is -0.121. The fourth-order valence-electron chi connectivity index (χ4n) is 3.87. The average molecular weight is 369 g/mol. The van der Waals surface area contributed by atoms with Gasteiger partial charge in [-0.1, -0.05) is 32.4 Å². The van der Waals surface area contributed by atoms with Crippen molar-refractivity contribution in [1.29, 1.82) is 0 Å². The third-order valence-electron chi connectivity index (χ3n) is 4.52. The van der Waals surface area contributed by atoms with E-state index in [2.05, 4.69) is 26.1 Å². The number of hydrogen-bond acceptors (Lipinski definition) is 5. The van der Waals surface area contributed by atoms with E-state index >= 15 is 0 Å². The number of nitro groups is 1. The molecule has 138 valence electrons. The summed E-state index contributed by atoms with van der Waals surface area (Å²) in [6.45, 7) is 8.46. The summed E-state index contributed by atoms with van der Waals surface area (Å²) in [5.41, 5.74) is 0.373. The average Bonchev–Trinajstić information content (AvgIpc) is 2.44. The molecule has 0 aromatic heterocycles. The van der Waals surface area contributed by atoms with E-state index in [0.29, 0.717) is 11.6 Å². The number of hydrogen-bond donors (Lipinski definition) is 1. The van der Waals surface area contributed by atoms with Crippen molar-refractivity contribution < 1.29 is 14.5 Å². The van der Waals surface area contributed by atoms with Gasteiger partial charge in [-0.2, -0.15) is 0 Å². The maximum absolute atomic E-state index is 11.9. The minimum absolute atomic E-state index is 0.0121. The van der Waals surface area contributed by atoms with Crippen LogP contribution in [0.15, 0.2) is 12.1 Å². The molecule has 0 spiro atoms. The van der Waals surface area contributed by atoms with Crippen LogP contribution in [0.4, 0.5) is 11.4 Å². The van der Waals surface area contributed by atoms with Crippen LogP contribution < -0.4 is 5.32 Å². The summed E-state index contributed by atoms with van der Waals surface area (Å²) < 4.78 is 4.91. The molecule has 1 fully saturated rings. The minimum Gasteiger partial charge on any atom is -0.462 e. The smallest absolute Gasteiger partial charge is 0.339 e. The molecule has 7 heteroatoms. The fraction of sp³-hybridized carbons (Fsp3) is 0.611. The van der Waals surface area contributed by atoms with E-state index in [9.17, 15) is 14.9 Å². The van der Waals surface area contributed by atoms with Crippen molar-refractivity contribution in [1.82, 2.24) is 0 Å². The van der Waals surface area contributed by atoms with E-state index in [1.165, 1.54) is 12.1 Å². The molecule has 0 bridgehead atoms. The number of carbonyl (C=O) groups is 1. The molecule has 0 aliphatic heterocycles. The van der Waals surface area contributed by atoms with E-state index in [-0.39, 0.29) is 34.3 Å². The van der Waals surface area contributed by atoms with Gasteiger partial charge in [-0.15, -0.1) is 0 Å². The zero-order valence-corrected chi connectivity index (χ0v) is 15.9. The molecule has 1 aromatic carbocycles. The van der Waals surface area contributed by atoms with E-state index in [0.717, 1.165) is 19.3 Å². The Morgan fingerprint density at radius 1 is 1.44 bits per heavy atom. The Bertz CT molecular complexity index is 675. The second-order valence-electron chi connectivity index (χ2n) is 7.58. The first-order valence-electron chi connectivity index (χ1n) is 8.54. The van der Waals surface area contributed by atoms with Gasteiger partial charge in [0.25, 0.3) is 5.69 Å². The van der Waals surface area contributed by atoms with Gasteiger partial charge in [0.1, 0.15) is 5.69 Å². The quantitative estimate of drug-likeness (QED) is 0.446. The normalized spacial score (nSPS) is 22.3. The number of ether oxygens (including phenoxy) is 1. The summed E-state index contributed by atoms with van der Waals surface area (Å²) in [6.07, 6.45) is 3.00. The molecule has 0 radical (unpaired) electrons. The summed E-state index contributed by atoms with van der Waals surface area (Å²) in [4.78, 5) is 22.9. The predicted molar refractivity (Wildman–Crippen MR) is 98.3 cm³/mol. The highest BCUT2D eigenvalue weighted by molar-refractivity contribution is 6.34. The molecular weight excluding hydrogens is 344 g/mol. The number of carbonyl (C=O) groups excluding carboxylic acids is 1. The molecule has 1 aliphatic carbocycles. The van der Waals surface area contributed by atoms with Crippen LogP contribution in [0.1, 0.15) is 57.3 Å². The standard InChI is InChI=1S/C18H25ClN2O4/c1-5-25-17(22)13-7-16(21(23)24)15(8-14(13)19)20-12-6-11(2)9-18(3,4)10-12/h7-8,11-12,20H,5-6,9-10H2,1-4H3. The van der Waals surface area contributed by atoms with Crippen LogP contribution in [-0.4, -0.2) is 23.5 Å². The first-order chi connectivity index (χ1) is 11.6. The molecule has 6 nitrogen and oxygen atoms in total. The molecule has 25 heavy (non-hydrogen) atoms. The molecule has 1 aromatic rings. The Hall–Kier alpha value is -1.82. The summed E-state index contributed by atoms with van der Waals surface area (Å²) in [5, 5.41) is 14.9. The Balaban J connectivity index is 2.32. The largest absolute Gasteiger partial charge is 0.462 e. The lowest BCUT2D eigenvalue weighted by molar-refractivity contribution is -0.384. The molecule has 1 aliphatic rings. The van der Waals surface area contributed by atoms with Crippen LogP contribution in [0.3, 0.4) is 0 Å². The lowest BCUT2D eigenvalue weighted by atomic mass is 9.70. The van der Waals surface area contributed by atoms with Crippen LogP contribution in [0, 0.1) is 21.4 Å². The Morgan fingerprint density at radius 2 is 2.12 bits per heavy atom. The molecular formula is C18H25ClN2O4. The van der Waals surface area contributed by atoms with Crippen molar-refractivity contribution in [3.05, 3.63) is 32.8 Å². The fourth-order valence-corrected chi connectivity index (χ4v) is 4.11. The third-order valence-corrected chi connectivity index (χ3v) is 4.84. The number of nitro benzene ring substituents is 1. The van der Waals surface area contributed by atoms with E-state index in [1.807, 2.05) is 0 Å². The van der Waals surface area contributed by atoms with Crippen LogP contribution in [-0.2, 0) is 4.74 Å². The molecule has 1 N–H and O–H groups in total. The SMILES string of the molecule is CCOC(=O)c1cc([N+](=O)[O-])c(NC2CC(C)CC(C)(C)C2)cc1Cl. The topological polar surface area (TPSA) is 81.5 Å². The predicted octanol–water partition coefficient (Wildman–Crippen LogP) is 5.05.